The molecule has 2 aromatic carbocycles. The van der Waals surface area contributed by atoms with Crippen molar-refractivity contribution >= 4 is 45.6 Å². The Labute approximate surface area is 363 Å². The van der Waals surface area contributed by atoms with Gasteiger partial charge in [-0.3, -0.25) is 14.7 Å². The molecule has 338 valence electrons. The SMILES string of the molecule is CN(C)C(=O)C1(C)CCN(C(=O)Oc2cc3c4c(c(F)ccc4c2)CCCOC(=O)N[C@]2(C)C[C@@H](F)CN(C2)c2nc(OC[C@@]45CCCN4C[C@H](F)C5)nc4c(F)c-3ncc24)CC1.[HH]. The normalized spacial score (nSPS) is 26.1. The summed E-state index contributed by atoms with van der Waals surface area (Å²) in [4.78, 5) is 60.4. The molecule has 4 atom stereocenters. The van der Waals surface area contributed by atoms with E-state index in [0.29, 0.717) is 30.0 Å². The lowest BCUT2D eigenvalue weighted by molar-refractivity contribution is -0.141. The predicted molar refractivity (Wildman–Crippen MR) is 227 cm³/mol. The number of piperidine rings is 2. The molecule has 0 aliphatic carbocycles. The average Bonchev–Trinajstić information content (AvgIpc) is 3.76. The molecule has 8 heterocycles. The lowest BCUT2D eigenvalue weighted by Crippen LogP contribution is -2.60. The zero-order valence-electron chi connectivity index (χ0n) is 35.9. The van der Waals surface area contributed by atoms with Crippen molar-refractivity contribution in [3.05, 3.63) is 47.7 Å². The van der Waals surface area contributed by atoms with Crippen molar-refractivity contribution in [2.45, 2.75) is 88.6 Å². The molecule has 4 fully saturated rings. The van der Waals surface area contributed by atoms with Gasteiger partial charge in [0, 0.05) is 71.7 Å². The number of nitrogens with zero attached hydrogens (tertiary/aromatic N) is 7. The first-order chi connectivity index (χ1) is 30.0. The molecular weight excluding hydrogens is 825 g/mol. The number of fused-ring (bicyclic) bond motifs is 7. The Bertz CT molecular complexity index is 2500. The van der Waals surface area contributed by atoms with Crippen molar-refractivity contribution in [1.29, 1.82) is 0 Å². The summed E-state index contributed by atoms with van der Waals surface area (Å²) in [5.41, 5.74) is -2.51. The van der Waals surface area contributed by atoms with E-state index in [4.69, 9.17) is 19.2 Å². The van der Waals surface area contributed by atoms with Crippen LogP contribution in [0.15, 0.2) is 30.5 Å². The van der Waals surface area contributed by atoms with Crippen molar-refractivity contribution in [2.24, 2.45) is 5.41 Å². The van der Waals surface area contributed by atoms with E-state index in [2.05, 4.69) is 20.2 Å². The number of amides is 3. The van der Waals surface area contributed by atoms with Crippen molar-refractivity contribution < 1.29 is 47.6 Å². The number of alkyl carbamates (subject to hydrolysis) is 1. The number of ether oxygens (including phenoxy) is 3. The first-order valence-corrected chi connectivity index (χ1v) is 21.7. The molecule has 0 unspecified atom stereocenters. The van der Waals surface area contributed by atoms with Gasteiger partial charge in [-0.25, -0.2) is 27.2 Å². The van der Waals surface area contributed by atoms with Crippen molar-refractivity contribution in [2.75, 3.05) is 71.5 Å². The number of benzene rings is 2. The van der Waals surface area contributed by atoms with Gasteiger partial charge in [0.05, 0.1) is 29.6 Å². The van der Waals surface area contributed by atoms with Crippen LogP contribution in [-0.4, -0.2) is 138 Å². The molecule has 18 heteroatoms. The van der Waals surface area contributed by atoms with Gasteiger partial charge < -0.3 is 34.2 Å². The molecule has 3 amide bonds. The highest BCUT2D eigenvalue weighted by Crippen LogP contribution is 2.43. The highest BCUT2D eigenvalue weighted by Gasteiger charge is 2.50. The molecular formula is C45H54F4N8O6. The average molecular weight is 879 g/mol. The highest BCUT2D eigenvalue weighted by molar-refractivity contribution is 6.02. The number of aryl methyl sites for hydroxylation is 1. The third-order valence-corrected chi connectivity index (χ3v) is 13.7. The Morgan fingerprint density at radius 1 is 1.02 bits per heavy atom. The molecule has 14 nitrogen and oxygen atoms in total. The number of hydrogen-bond acceptors (Lipinski definition) is 11. The van der Waals surface area contributed by atoms with Gasteiger partial charge in [0.15, 0.2) is 5.82 Å². The summed E-state index contributed by atoms with van der Waals surface area (Å²) in [7, 11) is 3.40. The molecule has 6 aliphatic rings. The van der Waals surface area contributed by atoms with E-state index in [1.807, 2.05) is 6.92 Å². The fourth-order valence-electron chi connectivity index (χ4n) is 10.5. The third kappa shape index (κ3) is 8.03. The zero-order valence-corrected chi connectivity index (χ0v) is 35.9. The fourth-order valence-corrected chi connectivity index (χ4v) is 10.5. The van der Waals surface area contributed by atoms with Crippen molar-refractivity contribution in [1.82, 2.24) is 35.0 Å². The van der Waals surface area contributed by atoms with Gasteiger partial charge in [-0.05, 0) is 86.5 Å². The standard InChI is InChI=1S/C45H52F4N8O6.H2/c1-43(39(58)54(3)4)11-14-55(15-12-43)42(60)63-29-17-26-8-9-33(48)30-7-5-16-61-41(59)53-44(2)19-27(46)22-56(24-44)38-32-21-50-36(31(18-29)34(26)30)35(49)37(32)51-40(52-38)62-25-45-10-6-13-57(45)23-28(47)20-45;/h8-9,17-18,21,27-28H,5-7,10-16,19-20,22-25H2,1-4H3,(H,53,59);1H/t27-,28-,44-,45+;/m1./s1. The minimum absolute atomic E-state index is 0. The first-order valence-electron chi connectivity index (χ1n) is 21.7. The van der Waals surface area contributed by atoms with Crippen LogP contribution in [0, 0.1) is 17.0 Å². The maximum absolute atomic E-state index is 17.7. The Balaban J connectivity index is 0.00000560. The molecule has 0 saturated carbocycles. The minimum Gasteiger partial charge on any atom is -0.461 e. The number of anilines is 1. The number of aromatic nitrogens is 3. The maximum Gasteiger partial charge on any atom is 0.415 e. The number of hydrogen-bond donors (Lipinski definition) is 1. The van der Waals surface area contributed by atoms with Gasteiger partial charge in [0.25, 0.3) is 0 Å². The topological polar surface area (TPSA) is 143 Å². The van der Waals surface area contributed by atoms with Crippen molar-refractivity contribution in [3.63, 3.8) is 0 Å². The van der Waals surface area contributed by atoms with Crippen LogP contribution >= 0.6 is 0 Å². The molecule has 1 N–H and O–H groups in total. The molecule has 6 bridgehead atoms. The van der Waals surface area contributed by atoms with Crippen molar-refractivity contribution in [3.8, 4) is 23.0 Å². The van der Waals surface area contributed by atoms with Gasteiger partial charge in [0.2, 0.25) is 5.91 Å². The molecule has 4 aromatic rings. The number of halogens is 4. The van der Waals surface area contributed by atoms with Crippen LogP contribution in [-0.2, 0) is 16.0 Å². The molecule has 6 aliphatic heterocycles. The van der Waals surface area contributed by atoms with Crippen LogP contribution in [0.5, 0.6) is 11.8 Å². The van der Waals surface area contributed by atoms with E-state index >= 15 is 13.2 Å². The summed E-state index contributed by atoms with van der Waals surface area (Å²) in [5.74, 6) is -1.37. The van der Waals surface area contributed by atoms with Crippen LogP contribution in [0.4, 0.5) is 33.0 Å². The largest absolute Gasteiger partial charge is 0.461 e. The summed E-state index contributed by atoms with van der Waals surface area (Å²) in [6.07, 6.45) is 0.368. The second-order valence-corrected chi connectivity index (χ2v) is 18.7. The van der Waals surface area contributed by atoms with E-state index in [-0.39, 0.29) is 124 Å². The summed E-state index contributed by atoms with van der Waals surface area (Å²) >= 11 is 0. The first kappa shape index (κ1) is 42.8. The van der Waals surface area contributed by atoms with E-state index in [9.17, 15) is 18.8 Å². The number of carbonyl (C=O) groups excluding carboxylic acids is 3. The second kappa shape index (κ2) is 16.2. The van der Waals surface area contributed by atoms with E-state index < -0.39 is 52.7 Å². The van der Waals surface area contributed by atoms with Gasteiger partial charge >= 0.3 is 18.2 Å². The van der Waals surface area contributed by atoms with Gasteiger partial charge in [-0.1, -0.05) is 13.0 Å². The Hall–Kier alpha value is -5.52. The number of rotatable bonds is 5. The molecule has 63 heavy (non-hydrogen) atoms. The molecule has 2 aromatic heterocycles. The quantitative estimate of drug-likeness (QED) is 0.207. The third-order valence-electron chi connectivity index (χ3n) is 13.7. The molecule has 0 radical (unpaired) electrons. The lowest BCUT2D eigenvalue weighted by Gasteiger charge is -2.42. The van der Waals surface area contributed by atoms with Crippen LogP contribution in [0.25, 0.3) is 32.9 Å². The number of nitrogens with one attached hydrogen (secondary N) is 1. The number of carbonyl (C=O) groups is 3. The number of likely N-dealkylation sites (tertiary alicyclic amines) is 1. The predicted octanol–water partition coefficient (Wildman–Crippen LogP) is 6.99. The summed E-state index contributed by atoms with van der Waals surface area (Å²) in [6, 6.07) is 5.57. The Morgan fingerprint density at radius 3 is 2.57 bits per heavy atom. The van der Waals surface area contributed by atoms with Crippen LogP contribution in [0.3, 0.4) is 0 Å². The van der Waals surface area contributed by atoms with E-state index in [0.717, 1.165) is 13.0 Å². The Kier molecular flexibility index (Phi) is 11.0. The fraction of sp³-hybridized carbons (Fsp3) is 0.556. The minimum atomic E-state index is -1.44. The number of alkyl halides is 2. The highest BCUT2D eigenvalue weighted by atomic mass is 19.1. The van der Waals surface area contributed by atoms with E-state index in [1.165, 1.54) is 29.3 Å². The van der Waals surface area contributed by atoms with Crippen LogP contribution in [0.1, 0.15) is 65.8 Å². The monoisotopic (exact) mass is 878 g/mol. The maximum atomic E-state index is 17.7. The smallest absolute Gasteiger partial charge is 0.415 e. The molecule has 10 rings (SSSR count). The van der Waals surface area contributed by atoms with Gasteiger partial charge in [-0.15, -0.1) is 0 Å². The Morgan fingerprint density at radius 2 is 1.79 bits per heavy atom. The van der Waals surface area contributed by atoms with E-state index in [1.54, 1.807) is 36.9 Å². The molecule has 0 spiro atoms. The zero-order chi connectivity index (χ0) is 44.4. The summed E-state index contributed by atoms with van der Waals surface area (Å²) in [5, 5.41) is 3.66. The van der Waals surface area contributed by atoms with Crippen LogP contribution in [0.2, 0.25) is 0 Å². The second-order valence-electron chi connectivity index (χ2n) is 18.7. The van der Waals surface area contributed by atoms with Crippen LogP contribution < -0.4 is 19.7 Å². The van der Waals surface area contributed by atoms with Gasteiger partial charge in [0.1, 0.15) is 47.5 Å². The number of pyridine rings is 1. The summed E-state index contributed by atoms with van der Waals surface area (Å²) in [6.45, 7) is 4.96. The summed E-state index contributed by atoms with van der Waals surface area (Å²) < 4.78 is 81.9. The lowest BCUT2D eigenvalue weighted by atomic mass is 9.79. The molecule has 4 saturated heterocycles. The van der Waals surface area contributed by atoms with Gasteiger partial charge in [-0.2, -0.15) is 9.97 Å².